The van der Waals surface area contributed by atoms with Gasteiger partial charge in [0.1, 0.15) is 0 Å². The van der Waals surface area contributed by atoms with Gasteiger partial charge >= 0.3 is 0 Å². The van der Waals surface area contributed by atoms with E-state index in [0.29, 0.717) is 0 Å². The van der Waals surface area contributed by atoms with Crippen molar-refractivity contribution in [3.05, 3.63) is 138 Å². The van der Waals surface area contributed by atoms with Crippen molar-refractivity contribution in [2.45, 2.75) is 27.7 Å². The lowest BCUT2D eigenvalue weighted by Gasteiger charge is -2.14. The fraction of sp³-hybridized carbons (Fsp3) is 0.111. The molecule has 0 N–H and O–H groups in total. The molecule has 1 aromatic carbocycles. The molecule has 2 heterocycles. The third-order valence-corrected chi connectivity index (χ3v) is 6.43. The van der Waals surface area contributed by atoms with Crippen LogP contribution in [0, 0.1) is 6.92 Å². The molecule has 0 aliphatic heterocycles. The van der Waals surface area contributed by atoms with E-state index in [1.165, 1.54) is 10.9 Å². The minimum Gasteiger partial charge on any atom is -0.310 e. The molecule has 0 saturated carbocycles. The molecule has 0 radical (unpaired) electrons. The Balaban J connectivity index is 2.57. The zero-order valence-electron chi connectivity index (χ0n) is 23.1. The molecule has 38 heavy (non-hydrogen) atoms. The molecule has 2 aromatic heterocycles. The molecule has 192 valence electrons. The maximum Gasteiger partial charge on any atom is 0.0541 e. The van der Waals surface area contributed by atoms with Crippen LogP contribution >= 0.6 is 0 Å². The first kappa shape index (κ1) is 28.0. The molecule has 0 bridgehead atoms. The summed E-state index contributed by atoms with van der Waals surface area (Å²) in [5, 5.41) is 3.33. The Hall–Kier alpha value is -4.56. The summed E-state index contributed by atoms with van der Waals surface area (Å²) in [5.41, 5.74) is 7.63. The van der Waals surface area contributed by atoms with Gasteiger partial charge in [-0.3, -0.25) is 0 Å². The van der Waals surface area contributed by atoms with Crippen molar-refractivity contribution in [2.75, 3.05) is 0 Å². The number of hydrogen-bond acceptors (Lipinski definition) is 0. The van der Waals surface area contributed by atoms with Crippen molar-refractivity contribution in [2.24, 2.45) is 0 Å². The maximum absolute atomic E-state index is 4.24. The fourth-order valence-corrected chi connectivity index (χ4v) is 4.85. The van der Waals surface area contributed by atoms with E-state index >= 15 is 0 Å². The van der Waals surface area contributed by atoms with E-state index in [-0.39, 0.29) is 0 Å². The highest BCUT2D eigenvalue weighted by molar-refractivity contribution is 5.98. The van der Waals surface area contributed by atoms with E-state index in [1.807, 2.05) is 44.2 Å². The summed E-state index contributed by atoms with van der Waals surface area (Å²) in [6.45, 7) is 24.3. The first-order valence-corrected chi connectivity index (χ1v) is 12.9. The van der Waals surface area contributed by atoms with E-state index in [4.69, 9.17) is 0 Å². The second kappa shape index (κ2) is 13.1. The van der Waals surface area contributed by atoms with Crippen LogP contribution in [0.2, 0.25) is 0 Å². The molecule has 0 aliphatic rings. The van der Waals surface area contributed by atoms with Crippen LogP contribution < -0.4 is 10.6 Å². The Morgan fingerprint density at radius 1 is 0.789 bits per heavy atom. The van der Waals surface area contributed by atoms with Gasteiger partial charge in [-0.1, -0.05) is 99.2 Å². The number of benzene rings is 1. The van der Waals surface area contributed by atoms with Crippen LogP contribution in [0.3, 0.4) is 0 Å². The predicted octanol–water partition coefficient (Wildman–Crippen LogP) is 8.54. The van der Waals surface area contributed by atoms with Gasteiger partial charge in [-0.25, -0.2) is 0 Å². The van der Waals surface area contributed by atoms with E-state index < -0.39 is 0 Å². The second-order valence-corrected chi connectivity index (χ2v) is 8.68. The van der Waals surface area contributed by atoms with Gasteiger partial charge in [0.2, 0.25) is 0 Å². The number of allylic oxidation sites excluding steroid dienone is 11. The lowest BCUT2D eigenvalue weighted by molar-refractivity contribution is 1.05. The summed E-state index contributed by atoms with van der Waals surface area (Å²) in [6.07, 6.45) is 28.3. The first-order chi connectivity index (χ1) is 18.5. The number of aromatic nitrogens is 2. The highest BCUT2D eigenvalue weighted by atomic mass is 15.0. The maximum atomic E-state index is 4.24. The smallest absolute Gasteiger partial charge is 0.0541 e. The number of rotatable bonds is 10. The van der Waals surface area contributed by atoms with Crippen molar-refractivity contribution in [1.82, 2.24) is 9.13 Å². The van der Waals surface area contributed by atoms with E-state index in [0.717, 1.165) is 44.4 Å². The molecule has 0 atom stereocenters. The standard InChI is InChI=1S/C36H38N2/c1-9-16-23-28(14-6)37-33(21-12-4)30(19-10-2)27(8)36(37)26-29(15-7)38-34(22-13-5)31(20-11-3)32-24-17-18-25-35(32)38/h9-26H,1-2,4,7H2,3,5-6,8H3/b20-11-,22-13-,23-16-,28-14+,29-26+,30-19-,33-21+. The average Bonchev–Trinajstić information content (AvgIpc) is 3.36. The number of fused-ring (bicyclic) bond motifs is 1. The summed E-state index contributed by atoms with van der Waals surface area (Å²) < 4.78 is 4.54. The van der Waals surface area contributed by atoms with Crippen molar-refractivity contribution in [3.8, 4) is 0 Å². The van der Waals surface area contributed by atoms with Gasteiger partial charge in [0.25, 0.3) is 0 Å². The summed E-state index contributed by atoms with van der Waals surface area (Å²) in [4.78, 5) is 0. The Labute approximate surface area is 227 Å². The number of hydrogen-bond donors (Lipinski definition) is 0. The zero-order chi connectivity index (χ0) is 27.7. The van der Waals surface area contributed by atoms with E-state index in [1.54, 1.807) is 6.08 Å². The van der Waals surface area contributed by atoms with Gasteiger partial charge in [0, 0.05) is 27.6 Å². The predicted molar refractivity (Wildman–Crippen MR) is 173 cm³/mol. The van der Waals surface area contributed by atoms with Crippen LogP contribution in [-0.2, 0) is 0 Å². The molecule has 2 nitrogen and oxygen atoms in total. The van der Waals surface area contributed by atoms with Crippen LogP contribution in [0.4, 0.5) is 0 Å². The van der Waals surface area contributed by atoms with Gasteiger partial charge < -0.3 is 9.13 Å². The molecule has 0 amide bonds. The lowest BCUT2D eigenvalue weighted by atomic mass is 10.1. The number of para-hydroxylation sites is 1. The van der Waals surface area contributed by atoms with Crippen LogP contribution in [0.15, 0.2) is 105 Å². The Morgan fingerprint density at radius 2 is 1.50 bits per heavy atom. The Kier molecular flexibility index (Phi) is 9.67. The molecule has 0 saturated heterocycles. The van der Waals surface area contributed by atoms with E-state index in [2.05, 4.69) is 122 Å². The van der Waals surface area contributed by atoms with Crippen molar-refractivity contribution >= 4 is 52.7 Å². The van der Waals surface area contributed by atoms with Crippen LogP contribution in [0.1, 0.15) is 43.3 Å². The molecule has 3 aromatic rings. The largest absolute Gasteiger partial charge is 0.310 e. The quantitative estimate of drug-likeness (QED) is 0.248. The molecule has 0 aliphatic carbocycles. The van der Waals surface area contributed by atoms with Gasteiger partial charge in [-0.2, -0.15) is 0 Å². The summed E-state index contributed by atoms with van der Waals surface area (Å²) >= 11 is 0. The topological polar surface area (TPSA) is 9.86 Å². The van der Waals surface area contributed by atoms with E-state index in [9.17, 15) is 0 Å². The van der Waals surface area contributed by atoms with Crippen LogP contribution in [0.25, 0.3) is 52.7 Å². The van der Waals surface area contributed by atoms with Gasteiger partial charge in [-0.15, -0.1) is 0 Å². The summed E-state index contributed by atoms with van der Waals surface area (Å²) in [5.74, 6) is 0. The molecule has 0 spiro atoms. The van der Waals surface area contributed by atoms with Crippen molar-refractivity contribution in [1.29, 1.82) is 0 Å². The monoisotopic (exact) mass is 498 g/mol. The Morgan fingerprint density at radius 3 is 2.11 bits per heavy atom. The van der Waals surface area contributed by atoms with Gasteiger partial charge in [0.05, 0.1) is 22.3 Å². The molecule has 2 heteroatoms. The van der Waals surface area contributed by atoms with Crippen molar-refractivity contribution in [3.63, 3.8) is 0 Å². The normalized spacial score (nSPS) is 14.0. The summed E-state index contributed by atoms with van der Waals surface area (Å²) in [6, 6.07) is 8.51. The van der Waals surface area contributed by atoms with Gasteiger partial charge in [0.15, 0.2) is 0 Å². The molecule has 0 fully saturated rings. The van der Waals surface area contributed by atoms with Crippen LogP contribution in [0.5, 0.6) is 0 Å². The molecular formula is C36H38N2. The lowest BCUT2D eigenvalue weighted by Crippen LogP contribution is -2.29. The van der Waals surface area contributed by atoms with Crippen molar-refractivity contribution < 1.29 is 0 Å². The third-order valence-electron chi connectivity index (χ3n) is 6.43. The molecule has 0 unspecified atom stereocenters. The van der Waals surface area contributed by atoms with Gasteiger partial charge in [-0.05, 0) is 69.7 Å². The van der Waals surface area contributed by atoms with Crippen LogP contribution in [-0.4, -0.2) is 9.13 Å². The fourth-order valence-electron chi connectivity index (χ4n) is 4.85. The minimum atomic E-state index is 0.977. The second-order valence-electron chi connectivity index (χ2n) is 8.68. The summed E-state index contributed by atoms with van der Waals surface area (Å²) in [7, 11) is 0. The first-order valence-electron chi connectivity index (χ1n) is 12.9. The highest BCUT2D eigenvalue weighted by Crippen LogP contribution is 2.33. The number of nitrogens with zero attached hydrogens (tertiary/aromatic N) is 2. The zero-order valence-corrected chi connectivity index (χ0v) is 23.1. The molecule has 3 rings (SSSR count). The minimum absolute atomic E-state index is 0.977. The SMILES string of the molecule is C=C/C=C\C(=C/C)n1c(/C=C(\C=C)n2c(/C=C\C)c(/C=C\C)c3ccccc32)c(C)c(=C/C=C)/c1=C\C=C. The Bertz CT molecular complexity index is 1650. The molecular weight excluding hydrogens is 460 g/mol. The third kappa shape index (κ3) is 5.26. The highest BCUT2D eigenvalue weighted by Gasteiger charge is 2.17. The average molecular weight is 499 g/mol.